The lowest BCUT2D eigenvalue weighted by atomic mass is 10.2. The predicted octanol–water partition coefficient (Wildman–Crippen LogP) is -0.193. The molecule has 1 aromatic rings. The van der Waals surface area contributed by atoms with Crippen LogP contribution in [0.1, 0.15) is 6.92 Å². The molecule has 0 fully saturated rings. The zero-order chi connectivity index (χ0) is 15.1. The first-order chi connectivity index (χ1) is 9.38. The van der Waals surface area contributed by atoms with E-state index in [-0.39, 0.29) is 25.0 Å². The summed E-state index contributed by atoms with van der Waals surface area (Å²) in [6.07, 6.45) is 0. The summed E-state index contributed by atoms with van der Waals surface area (Å²) in [6.45, 7) is 1.04. The summed E-state index contributed by atoms with van der Waals surface area (Å²) in [5.74, 6) is -0.852. The van der Waals surface area contributed by atoms with Crippen LogP contribution in [0.4, 0.5) is 11.4 Å². The minimum atomic E-state index is -1.03. The number of aliphatic carboxylic acids is 1. The molecule has 0 unspecified atom stereocenters. The molecule has 2 amide bonds. The van der Waals surface area contributed by atoms with E-state index in [4.69, 9.17) is 15.6 Å². The molecule has 1 heterocycles. The van der Waals surface area contributed by atoms with Gasteiger partial charge in [-0.25, -0.2) is 0 Å². The van der Waals surface area contributed by atoms with E-state index in [0.29, 0.717) is 17.1 Å². The number of carboxylic acids is 1. The second-order valence-electron chi connectivity index (χ2n) is 3.90. The maximum Gasteiger partial charge on any atom is 0.322 e. The van der Waals surface area contributed by atoms with Crippen molar-refractivity contribution in [1.82, 2.24) is 5.32 Å². The molecule has 0 aromatic heterocycles. The maximum atomic E-state index is 10.8. The maximum absolute atomic E-state index is 10.8. The van der Waals surface area contributed by atoms with Crippen LogP contribution in [-0.2, 0) is 14.4 Å². The minimum Gasteiger partial charge on any atom is -0.482 e. The second-order valence-corrected chi connectivity index (χ2v) is 3.90. The predicted molar refractivity (Wildman–Crippen MR) is 71.3 cm³/mol. The molecule has 0 radical (unpaired) electrons. The highest BCUT2D eigenvalue weighted by atomic mass is 16.5. The molecule has 1 aromatic carbocycles. The molecule has 0 aliphatic carbocycles. The van der Waals surface area contributed by atoms with Crippen LogP contribution < -0.4 is 21.1 Å². The molecule has 0 saturated carbocycles. The number of rotatable bonds is 2. The zero-order valence-corrected chi connectivity index (χ0v) is 10.8. The number of nitrogens with one attached hydrogen (secondary N) is 2. The largest absolute Gasteiger partial charge is 0.482 e. The van der Waals surface area contributed by atoms with E-state index in [1.165, 1.54) is 6.92 Å². The van der Waals surface area contributed by atoms with Crippen molar-refractivity contribution in [3.05, 3.63) is 18.2 Å². The van der Waals surface area contributed by atoms with Gasteiger partial charge in [0.2, 0.25) is 5.91 Å². The van der Waals surface area contributed by atoms with Crippen LogP contribution in [0.2, 0.25) is 0 Å². The molecule has 0 bridgehead atoms. The quantitative estimate of drug-likeness (QED) is 0.555. The Labute approximate surface area is 114 Å². The van der Waals surface area contributed by atoms with Crippen molar-refractivity contribution >= 4 is 29.2 Å². The van der Waals surface area contributed by atoms with Gasteiger partial charge in [0.25, 0.3) is 5.91 Å². The number of ether oxygens (including phenoxy) is 1. The van der Waals surface area contributed by atoms with Crippen molar-refractivity contribution < 1.29 is 24.2 Å². The van der Waals surface area contributed by atoms with E-state index in [1.54, 1.807) is 18.2 Å². The second kappa shape index (κ2) is 6.98. The highest BCUT2D eigenvalue weighted by Gasteiger charge is 2.14. The van der Waals surface area contributed by atoms with E-state index >= 15 is 0 Å². The molecule has 5 N–H and O–H groups in total. The molecule has 1 aliphatic rings. The van der Waals surface area contributed by atoms with Crippen LogP contribution in [0, 0.1) is 0 Å². The number of nitrogens with two attached hydrogens (primary N) is 1. The normalized spacial score (nSPS) is 11.9. The number of hydrogen-bond acceptors (Lipinski definition) is 5. The van der Waals surface area contributed by atoms with Crippen molar-refractivity contribution in [2.75, 3.05) is 24.2 Å². The van der Waals surface area contributed by atoms with Gasteiger partial charge in [-0.1, -0.05) is 0 Å². The van der Waals surface area contributed by atoms with Gasteiger partial charge in [-0.3, -0.25) is 14.4 Å². The first-order valence-electron chi connectivity index (χ1n) is 5.67. The fourth-order valence-electron chi connectivity index (χ4n) is 1.29. The molecule has 108 valence electrons. The summed E-state index contributed by atoms with van der Waals surface area (Å²) >= 11 is 0. The lowest BCUT2D eigenvalue weighted by Crippen LogP contribution is -2.26. The van der Waals surface area contributed by atoms with Crippen molar-refractivity contribution in [2.45, 2.75) is 6.92 Å². The summed E-state index contributed by atoms with van der Waals surface area (Å²) in [4.78, 5) is 30.5. The molecule has 0 saturated heterocycles. The third kappa shape index (κ3) is 5.25. The van der Waals surface area contributed by atoms with Crippen LogP contribution in [0.15, 0.2) is 18.2 Å². The van der Waals surface area contributed by atoms with Gasteiger partial charge in [-0.15, -0.1) is 0 Å². The molecule has 8 heteroatoms. The van der Waals surface area contributed by atoms with E-state index < -0.39 is 5.97 Å². The monoisotopic (exact) mass is 281 g/mol. The summed E-state index contributed by atoms with van der Waals surface area (Å²) in [7, 11) is 0. The van der Waals surface area contributed by atoms with Gasteiger partial charge >= 0.3 is 5.97 Å². The third-order valence-corrected chi connectivity index (χ3v) is 2.13. The highest BCUT2D eigenvalue weighted by molar-refractivity contribution is 5.95. The lowest BCUT2D eigenvalue weighted by molar-refractivity contribution is -0.137. The van der Waals surface area contributed by atoms with Gasteiger partial charge in [0, 0.05) is 18.7 Å². The number of fused-ring (bicyclic) bond motifs is 1. The van der Waals surface area contributed by atoms with E-state index in [0.717, 1.165) is 0 Å². The van der Waals surface area contributed by atoms with Crippen molar-refractivity contribution in [2.24, 2.45) is 0 Å². The van der Waals surface area contributed by atoms with Gasteiger partial charge in [0.15, 0.2) is 6.61 Å². The fraction of sp³-hybridized carbons (Fsp3) is 0.250. The standard InChI is InChI=1S/C8H8N2O2.C4H7NO3/c9-5-1-2-6-7(3-5)12-4-8(11)10-6;1-3(6)5-2-4(7)8/h1-3H,4,9H2,(H,10,11);2H2,1H3,(H,5,6)(H,7,8). The van der Waals surface area contributed by atoms with E-state index in [1.807, 2.05) is 0 Å². The van der Waals surface area contributed by atoms with Gasteiger partial charge in [0.1, 0.15) is 12.3 Å². The zero-order valence-electron chi connectivity index (χ0n) is 10.8. The summed E-state index contributed by atoms with van der Waals surface area (Å²) < 4.78 is 5.12. The summed E-state index contributed by atoms with van der Waals surface area (Å²) in [5.41, 5.74) is 6.83. The number of hydrogen-bond donors (Lipinski definition) is 4. The Kier molecular flexibility index (Phi) is 5.33. The van der Waals surface area contributed by atoms with Crippen LogP contribution >= 0.6 is 0 Å². The number of amides is 2. The third-order valence-electron chi connectivity index (χ3n) is 2.13. The lowest BCUT2D eigenvalue weighted by Gasteiger charge is -2.17. The van der Waals surface area contributed by atoms with E-state index in [2.05, 4.69) is 10.6 Å². The van der Waals surface area contributed by atoms with Crippen molar-refractivity contribution in [3.8, 4) is 5.75 Å². The van der Waals surface area contributed by atoms with Crippen LogP contribution in [0.3, 0.4) is 0 Å². The number of carbonyl (C=O) groups excluding carboxylic acids is 2. The number of nitrogen functional groups attached to an aromatic ring is 1. The average Bonchev–Trinajstić information content (AvgIpc) is 2.37. The Morgan fingerprint density at radius 1 is 1.50 bits per heavy atom. The topological polar surface area (TPSA) is 131 Å². The van der Waals surface area contributed by atoms with Gasteiger partial charge < -0.3 is 26.2 Å². The van der Waals surface area contributed by atoms with Gasteiger partial charge in [0.05, 0.1) is 5.69 Å². The SMILES string of the molecule is CC(=O)NCC(=O)O.Nc1ccc2c(c1)OCC(=O)N2. The molecular weight excluding hydrogens is 266 g/mol. The summed E-state index contributed by atoms with van der Waals surface area (Å²) in [5, 5.41) is 12.7. The Hall–Kier alpha value is -2.77. The van der Waals surface area contributed by atoms with Gasteiger partial charge in [-0.2, -0.15) is 0 Å². The van der Waals surface area contributed by atoms with E-state index in [9.17, 15) is 14.4 Å². The van der Waals surface area contributed by atoms with Crippen LogP contribution in [0.5, 0.6) is 5.75 Å². The number of benzene rings is 1. The fourth-order valence-corrected chi connectivity index (χ4v) is 1.29. The number of carboxylic acid groups (broad SMARTS) is 1. The molecule has 0 atom stereocenters. The van der Waals surface area contributed by atoms with Crippen molar-refractivity contribution in [1.29, 1.82) is 0 Å². The minimum absolute atomic E-state index is 0.0659. The van der Waals surface area contributed by atoms with Crippen molar-refractivity contribution in [3.63, 3.8) is 0 Å². The van der Waals surface area contributed by atoms with Gasteiger partial charge in [-0.05, 0) is 12.1 Å². The Morgan fingerprint density at radius 3 is 2.75 bits per heavy atom. The van der Waals surface area contributed by atoms with Crippen LogP contribution in [-0.4, -0.2) is 36.0 Å². The first kappa shape index (κ1) is 15.3. The summed E-state index contributed by atoms with van der Waals surface area (Å²) in [6, 6.07) is 5.13. The molecular formula is C12H15N3O5. The van der Waals surface area contributed by atoms with Crippen LogP contribution in [0.25, 0.3) is 0 Å². The molecule has 0 spiro atoms. The Bertz CT molecular complexity index is 516. The molecule has 20 heavy (non-hydrogen) atoms. The number of carbonyl (C=O) groups is 3. The molecule has 2 rings (SSSR count). The smallest absolute Gasteiger partial charge is 0.322 e. The highest BCUT2D eigenvalue weighted by Crippen LogP contribution is 2.29. The number of anilines is 2. The Morgan fingerprint density at radius 2 is 2.20 bits per heavy atom. The molecule has 1 aliphatic heterocycles. The first-order valence-corrected chi connectivity index (χ1v) is 5.67. The average molecular weight is 281 g/mol. The molecule has 8 nitrogen and oxygen atoms in total. The Balaban J connectivity index is 0.000000221.